The molecular formula is C9H16N2S. The Morgan fingerprint density at radius 1 is 1.33 bits per heavy atom. The first kappa shape index (κ1) is 8.45. The zero-order chi connectivity index (χ0) is 8.39. The van der Waals surface area contributed by atoms with Gasteiger partial charge in [0.15, 0.2) is 0 Å². The normalized spacial score (nSPS) is 26.7. The summed E-state index contributed by atoms with van der Waals surface area (Å²) in [6.45, 7) is 3.55. The van der Waals surface area contributed by atoms with Crippen molar-refractivity contribution in [2.45, 2.75) is 31.7 Å². The number of thiocarbonyl (C=S) groups is 1. The molecule has 0 radical (unpaired) electrons. The second-order valence-corrected chi connectivity index (χ2v) is 4.14. The topological polar surface area (TPSA) is 15.3 Å². The van der Waals surface area contributed by atoms with E-state index < -0.39 is 0 Å². The Bertz CT molecular complexity index is 175. The van der Waals surface area contributed by atoms with Crippen molar-refractivity contribution in [1.82, 2.24) is 10.2 Å². The minimum absolute atomic E-state index is 0.751. The summed E-state index contributed by atoms with van der Waals surface area (Å²) in [5.41, 5.74) is 0. The molecule has 0 aromatic carbocycles. The van der Waals surface area contributed by atoms with Crippen molar-refractivity contribution in [2.24, 2.45) is 0 Å². The quantitative estimate of drug-likeness (QED) is 0.616. The van der Waals surface area contributed by atoms with E-state index in [1.165, 1.54) is 43.9 Å². The van der Waals surface area contributed by atoms with Crippen LogP contribution >= 0.6 is 12.2 Å². The molecule has 2 aliphatic rings. The summed E-state index contributed by atoms with van der Waals surface area (Å²) in [6, 6.07) is 0.751. The number of hydrogen-bond acceptors (Lipinski definition) is 2. The van der Waals surface area contributed by atoms with Crippen molar-refractivity contribution in [3.63, 3.8) is 0 Å². The van der Waals surface area contributed by atoms with Crippen LogP contribution in [0.15, 0.2) is 0 Å². The van der Waals surface area contributed by atoms with Crippen LogP contribution in [-0.4, -0.2) is 35.6 Å². The smallest absolute Gasteiger partial charge is 0.0782 e. The first-order valence-corrected chi connectivity index (χ1v) is 5.29. The summed E-state index contributed by atoms with van der Waals surface area (Å²) in [5.74, 6) is 0. The summed E-state index contributed by atoms with van der Waals surface area (Å²) in [5, 5.41) is 3.38. The van der Waals surface area contributed by atoms with E-state index in [1.807, 2.05) is 0 Å². The maximum atomic E-state index is 5.33. The van der Waals surface area contributed by atoms with E-state index in [-0.39, 0.29) is 0 Å². The van der Waals surface area contributed by atoms with Gasteiger partial charge < -0.3 is 10.2 Å². The molecule has 3 heteroatoms. The summed E-state index contributed by atoms with van der Waals surface area (Å²) < 4.78 is 0. The lowest BCUT2D eigenvalue weighted by Gasteiger charge is -2.32. The second-order valence-electron chi connectivity index (χ2n) is 3.67. The number of hydrogen-bond donors (Lipinski definition) is 1. The fraction of sp³-hybridized carbons (Fsp3) is 0.889. The van der Waals surface area contributed by atoms with Crippen LogP contribution in [0.25, 0.3) is 0 Å². The molecule has 0 bridgehead atoms. The number of likely N-dealkylation sites (tertiary alicyclic amines) is 1. The molecule has 12 heavy (non-hydrogen) atoms. The third-order valence-corrected chi connectivity index (χ3v) is 3.30. The first-order chi connectivity index (χ1) is 5.88. The molecule has 2 saturated heterocycles. The molecule has 68 valence electrons. The van der Waals surface area contributed by atoms with E-state index in [0.29, 0.717) is 0 Å². The minimum Gasteiger partial charge on any atom is -0.363 e. The van der Waals surface area contributed by atoms with Crippen molar-refractivity contribution in [3.8, 4) is 0 Å². The summed E-state index contributed by atoms with van der Waals surface area (Å²) in [4.78, 5) is 3.66. The number of nitrogens with one attached hydrogen (secondary N) is 1. The Balaban J connectivity index is 1.93. The second kappa shape index (κ2) is 3.71. The molecular weight excluding hydrogens is 168 g/mol. The van der Waals surface area contributed by atoms with E-state index in [9.17, 15) is 0 Å². The first-order valence-electron chi connectivity index (χ1n) is 4.88. The summed E-state index contributed by atoms with van der Waals surface area (Å²) in [7, 11) is 0. The van der Waals surface area contributed by atoms with Gasteiger partial charge in [0.25, 0.3) is 0 Å². The molecule has 2 fully saturated rings. The molecule has 0 aromatic heterocycles. The maximum absolute atomic E-state index is 5.33. The molecule has 0 unspecified atom stereocenters. The fourth-order valence-electron chi connectivity index (χ4n) is 2.17. The van der Waals surface area contributed by atoms with Crippen LogP contribution in [-0.2, 0) is 0 Å². The van der Waals surface area contributed by atoms with Gasteiger partial charge in [-0.15, -0.1) is 0 Å². The fourth-order valence-corrected chi connectivity index (χ4v) is 2.56. The molecule has 0 spiro atoms. The summed E-state index contributed by atoms with van der Waals surface area (Å²) >= 11 is 5.33. The van der Waals surface area contributed by atoms with E-state index >= 15 is 0 Å². The summed E-state index contributed by atoms with van der Waals surface area (Å²) in [6.07, 6.45) is 4.99. The largest absolute Gasteiger partial charge is 0.363 e. The molecule has 2 aliphatic heterocycles. The standard InChI is InChI=1S/C9H16N2S/c12-9-2-1-7-11(9)8-3-5-10-6-4-8/h8,10H,1-7H2. The van der Waals surface area contributed by atoms with Gasteiger partial charge in [-0.2, -0.15) is 0 Å². The van der Waals surface area contributed by atoms with Crippen molar-refractivity contribution in [2.75, 3.05) is 19.6 Å². The van der Waals surface area contributed by atoms with E-state index in [2.05, 4.69) is 10.2 Å². The van der Waals surface area contributed by atoms with E-state index in [0.717, 1.165) is 12.5 Å². The number of piperidine rings is 1. The highest BCUT2D eigenvalue weighted by Gasteiger charge is 2.25. The average molecular weight is 184 g/mol. The Labute approximate surface area is 79.3 Å². The Morgan fingerprint density at radius 2 is 2.08 bits per heavy atom. The molecule has 0 aliphatic carbocycles. The van der Waals surface area contributed by atoms with Gasteiger partial charge in [0, 0.05) is 12.6 Å². The zero-order valence-electron chi connectivity index (χ0n) is 7.38. The SMILES string of the molecule is S=C1CCCN1C1CCNCC1. The van der Waals surface area contributed by atoms with Crippen molar-refractivity contribution < 1.29 is 0 Å². The average Bonchev–Trinajstić information content (AvgIpc) is 2.53. The van der Waals surface area contributed by atoms with Crippen LogP contribution in [0.3, 0.4) is 0 Å². The molecule has 0 amide bonds. The minimum atomic E-state index is 0.751. The van der Waals surface area contributed by atoms with Gasteiger partial charge in [0.1, 0.15) is 0 Å². The Hall–Kier alpha value is -0.150. The molecule has 0 aromatic rings. The molecule has 2 heterocycles. The predicted octanol–water partition coefficient (Wildman–Crippen LogP) is 1.16. The van der Waals surface area contributed by atoms with Crippen LogP contribution in [0.4, 0.5) is 0 Å². The highest BCUT2D eigenvalue weighted by molar-refractivity contribution is 7.80. The van der Waals surface area contributed by atoms with Gasteiger partial charge in [-0.25, -0.2) is 0 Å². The van der Waals surface area contributed by atoms with E-state index in [4.69, 9.17) is 12.2 Å². The van der Waals surface area contributed by atoms with Crippen LogP contribution in [0.2, 0.25) is 0 Å². The van der Waals surface area contributed by atoms with Crippen molar-refractivity contribution in [1.29, 1.82) is 0 Å². The lowest BCUT2D eigenvalue weighted by molar-refractivity contribution is 0.271. The third-order valence-electron chi connectivity index (χ3n) is 2.86. The van der Waals surface area contributed by atoms with Gasteiger partial charge in [0.05, 0.1) is 4.99 Å². The molecule has 0 atom stereocenters. The lowest BCUT2D eigenvalue weighted by Crippen LogP contribution is -2.43. The number of rotatable bonds is 1. The lowest BCUT2D eigenvalue weighted by atomic mass is 10.1. The molecule has 2 nitrogen and oxygen atoms in total. The van der Waals surface area contributed by atoms with Crippen LogP contribution in [0.1, 0.15) is 25.7 Å². The van der Waals surface area contributed by atoms with Gasteiger partial charge in [0.2, 0.25) is 0 Å². The molecule has 1 N–H and O–H groups in total. The Kier molecular flexibility index (Phi) is 2.61. The van der Waals surface area contributed by atoms with Crippen LogP contribution in [0, 0.1) is 0 Å². The Morgan fingerprint density at radius 3 is 2.67 bits per heavy atom. The van der Waals surface area contributed by atoms with Gasteiger partial charge in [-0.3, -0.25) is 0 Å². The van der Waals surface area contributed by atoms with Gasteiger partial charge in [-0.05, 0) is 38.8 Å². The zero-order valence-corrected chi connectivity index (χ0v) is 8.20. The van der Waals surface area contributed by atoms with Gasteiger partial charge in [-0.1, -0.05) is 12.2 Å². The van der Waals surface area contributed by atoms with Crippen molar-refractivity contribution in [3.05, 3.63) is 0 Å². The monoisotopic (exact) mass is 184 g/mol. The van der Waals surface area contributed by atoms with Crippen LogP contribution < -0.4 is 5.32 Å². The maximum Gasteiger partial charge on any atom is 0.0782 e. The molecule has 0 saturated carbocycles. The van der Waals surface area contributed by atoms with Gasteiger partial charge >= 0.3 is 0 Å². The predicted molar refractivity (Wildman–Crippen MR) is 54.4 cm³/mol. The molecule has 2 rings (SSSR count). The van der Waals surface area contributed by atoms with Crippen molar-refractivity contribution >= 4 is 17.2 Å². The highest BCUT2D eigenvalue weighted by atomic mass is 32.1. The third kappa shape index (κ3) is 1.62. The number of nitrogens with zero attached hydrogens (tertiary/aromatic N) is 1. The highest BCUT2D eigenvalue weighted by Crippen LogP contribution is 2.20. The van der Waals surface area contributed by atoms with Crippen LogP contribution in [0.5, 0.6) is 0 Å². The van der Waals surface area contributed by atoms with E-state index in [1.54, 1.807) is 0 Å².